The van der Waals surface area contributed by atoms with Crippen LogP contribution in [0, 0.1) is 17.2 Å². The number of nitriles is 1. The Bertz CT molecular complexity index is 725. The molecule has 2 aromatic rings. The maximum atomic E-state index is 12.4. The summed E-state index contributed by atoms with van der Waals surface area (Å²) in [4.78, 5) is 13.3. The van der Waals surface area contributed by atoms with Gasteiger partial charge in [-0.1, -0.05) is 56.3 Å². The molecule has 0 aliphatic rings. The number of nitrogens with two attached hydrogens (primary N) is 1. The lowest BCUT2D eigenvalue weighted by molar-refractivity contribution is -0.692. The fourth-order valence-corrected chi connectivity index (χ4v) is 3.38. The number of carbonyl (C=O) groups excluding carboxylic acids is 1. The highest BCUT2D eigenvalue weighted by Crippen LogP contribution is 2.26. The molecular weight excluding hydrogens is 330 g/mol. The first-order valence-corrected chi connectivity index (χ1v) is 9.37. The van der Waals surface area contributed by atoms with Crippen molar-refractivity contribution in [2.75, 3.05) is 17.6 Å². The third kappa shape index (κ3) is 5.93. The molecule has 25 heavy (non-hydrogen) atoms. The molecule has 0 bridgehead atoms. The van der Waals surface area contributed by atoms with Crippen LogP contribution in [0.5, 0.6) is 0 Å². The topological polar surface area (TPSA) is 69.5 Å². The minimum absolute atomic E-state index is 0.0356. The van der Waals surface area contributed by atoms with Gasteiger partial charge in [0.05, 0.1) is 17.5 Å². The van der Waals surface area contributed by atoms with Crippen molar-refractivity contribution in [3.05, 3.63) is 60.2 Å². The van der Waals surface area contributed by atoms with Gasteiger partial charge in [0.25, 0.3) is 5.91 Å². The number of hydrogen-bond acceptors (Lipinski definition) is 3. The van der Waals surface area contributed by atoms with Crippen molar-refractivity contribution in [2.45, 2.75) is 24.8 Å². The molecule has 0 aliphatic heterocycles. The molecule has 2 aromatic carbocycles. The molecule has 5 heteroatoms. The number of para-hydroxylation sites is 1. The number of hydrogen-bond donors (Lipinski definition) is 2. The number of benzene rings is 2. The average Bonchev–Trinajstić information content (AvgIpc) is 2.62. The highest BCUT2D eigenvalue weighted by Gasteiger charge is 2.20. The Labute approximate surface area is 153 Å². The summed E-state index contributed by atoms with van der Waals surface area (Å²) in [5.74, 6) is 0.753. The normalized spacial score (nSPS) is 11.8. The molecule has 0 saturated heterocycles. The van der Waals surface area contributed by atoms with E-state index in [0.717, 1.165) is 10.6 Å². The maximum Gasteiger partial charge on any atom is 0.279 e. The van der Waals surface area contributed by atoms with E-state index in [1.54, 1.807) is 0 Å². The van der Waals surface area contributed by atoms with Crippen molar-refractivity contribution in [1.82, 2.24) is 0 Å². The zero-order chi connectivity index (χ0) is 18.1. The molecule has 0 fully saturated rings. The third-order valence-electron chi connectivity index (χ3n) is 3.91. The maximum absolute atomic E-state index is 12.4. The number of thioether (sulfide) groups is 1. The molecular formula is C20H24N3OS+. The summed E-state index contributed by atoms with van der Waals surface area (Å²) in [5, 5.41) is 13.8. The van der Waals surface area contributed by atoms with E-state index in [2.05, 4.69) is 42.7 Å². The minimum atomic E-state index is -0.0356. The summed E-state index contributed by atoms with van der Waals surface area (Å²) in [7, 11) is 0. The van der Waals surface area contributed by atoms with Gasteiger partial charge in [-0.15, -0.1) is 11.8 Å². The summed E-state index contributed by atoms with van der Waals surface area (Å²) in [6.45, 7) is 4.69. The Morgan fingerprint density at radius 2 is 1.84 bits per heavy atom. The largest absolute Gasteiger partial charge is 0.332 e. The number of rotatable bonds is 8. The van der Waals surface area contributed by atoms with Crippen molar-refractivity contribution in [2.24, 2.45) is 5.92 Å². The van der Waals surface area contributed by atoms with Gasteiger partial charge in [0.15, 0.2) is 6.54 Å². The fraction of sp³-hybridized carbons (Fsp3) is 0.300. The fourth-order valence-electron chi connectivity index (χ4n) is 2.71. The van der Waals surface area contributed by atoms with Crippen LogP contribution in [-0.2, 0) is 4.79 Å². The number of amides is 1. The summed E-state index contributed by atoms with van der Waals surface area (Å²) in [6.07, 6.45) is 0. The molecule has 0 aromatic heterocycles. The lowest BCUT2D eigenvalue weighted by atomic mass is 9.96. The van der Waals surface area contributed by atoms with Gasteiger partial charge in [-0.25, -0.2) is 0 Å². The second-order valence-corrected chi connectivity index (χ2v) is 7.13. The van der Waals surface area contributed by atoms with Crippen molar-refractivity contribution in [3.63, 3.8) is 0 Å². The van der Waals surface area contributed by atoms with Crippen LogP contribution in [0.15, 0.2) is 59.5 Å². The van der Waals surface area contributed by atoms with E-state index in [4.69, 9.17) is 5.26 Å². The van der Waals surface area contributed by atoms with Gasteiger partial charge in [0.2, 0.25) is 0 Å². The Hall–Kier alpha value is -2.29. The Morgan fingerprint density at radius 3 is 2.52 bits per heavy atom. The SMILES string of the molecule is CC(C)[C@H]([NH2+]CC(=O)Nc1ccccc1SCC#N)c1ccccc1. The van der Waals surface area contributed by atoms with E-state index in [9.17, 15) is 4.79 Å². The summed E-state index contributed by atoms with van der Waals surface area (Å²) < 4.78 is 0. The lowest BCUT2D eigenvalue weighted by Gasteiger charge is -2.19. The smallest absolute Gasteiger partial charge is 0.279 e. The molecule has 0 saturated carbocycles. The van der Waals surface area contributed by atoms with E-state index in [-0.39, 0.29) is 11.9 Å². The molecule has 4 nitrogen and oxygen atoms in total. The molecule has 3 N–H and O–H groups in total. The summed E-state index contributed by atoms with van der Waals surface area (Å²) >= 11 is 1.43. The van der Waals surface area contributed by atoms with Crippen molar-refractivity contribution in [3.8, 4) is 6.07 Å². The van der Waals surface area contributed by atoms with Crippen molar-refractivity contribution >= 4 is 23.4 Å². The second-order valence-electron chi connectivity index (χ2n) is 6.11. The molecule has 0 spiro atoms. The number of nitrogens with zero attached hydrogens (tertiary/aromatic N) is 1. The molecule has 0 unspecified atom stereocenters. The van der Waals surface area contributed by atoms with Crippen LogP contribution < -0.4 is 10.6 Å². The van der Waals surface area contributed by atoms with Crippen LogP contribution in [0.2, 0.25) is 0 Å². The van der Waals surface area contributed by atoms with Crippen LogP contribution in [0.3, 0.4) is 0 Å². The van der Waals surface area contributed by atoms with E-state index in [1.165, 1.54) is 17.3 Å². The highest BCUT2D eigenvalue weighted by atomic mass is 32.2. The Morgan fingerprint density at radius 1 is 1.16 bits per heavy atom. The first-order chi connectivity index (χ1) is 12.1. The number of anilines is 1. The van der Waals surface area contributed by atoms with Crippen LogP contribution in [-0.4, -0.2) is 18.2 Å². The van der Waals surface area contributed by atoms with Crippen LogP contribution >= 0.6 is 11.8 Å². The standard InChI is InChI=1S/C20H23N3OS/c1-15(2)20(16-8-4-3-5-9-16)22-14-19(24)23-17-10-6-7-11-18(17)25-13-12-21/h3-11,15,20,22H,13-14H2,1-2H3,(H,23,24)/p+1/t20-/m0/s1. The zero-order valence-electron chi connectivity index (χ0n) is 14.6. The zero-order valence-corrected chi connectivity index (χ0v) is 15.4. The third-order valence-corrected chi connectivity index (χ3v) is 4.85. The van der Waals surface area contributed by atoms with Gasteiger partial charge < -0.3 is 10.6 Å². The van der Waals surface area contributed by atoms with E-state index < -0.39 is 0 Å². The first kappa shape index (κ1) is 19.0. The lowest BCUT2D eigenvalue weighted by Crippen LogP contribution is -2.88. The number of quaternary nitrogens is 1. The molecule has 0 radical (unpaired) electrons. The Kier molecular flexibility index (Phi) is 7.52. The summed E-state index contributed by atoms with van der Waals surface area (Å²) in [5.41, 5.74) is 2.00. The van der Waals surface area contributed by atoms with E-state index in [1.807, 2.05) is 42.5 Å². The van der Waals surface area contributed by atoms with E-state index in [0.29, 0.717) is 18.2 Å². The van der Waals surface area contributed by atoms with Crippen LogP contribution in [0.4, 0.5) is 5.69 Å². The average molecular weight is 354 g/mol. The molecule has 1 atom stereocenters. The molecule has 2 rings (SSSR count). The van der Waals surface area contributed by atoms with E-state index >= 15 is 0 Å². The van der Waals surface area contributed by atoms with Crippen molar-refractivity contribution in [1.29, 1.82) is 5.26 Å². The monoisotopic (exact) mass is 354 g/mol. The second kappa shape index (κ2) is 9.87. The molecule has 1 amide bonds. The van der Waals surface area contributed by atoms with Gasteiger partial charge in [-0.05, 0) is 12.1 Å². The number of carbonyl (C=O) groups is 1. The van der Waals surface area contributed by atoms with Gasteiger partial charge in [-0.3, -0.25) is 4.79 Å². The predicted molar refractivity (Wildman–Crippen MR) is 102 cm³/mol. The molecule has 0 heterocycles. The van der Waals surface area contributed by atoms with Gasteiger partial charge in [-0.2, -0.15) is 5.26 Å². The predicted octanol–water partition coefficient (Wildman–Crippen LogP) is 3.20. The molecule has 0 aliphatic carbocycles. The van der Waals surface area contributed by atoms with Gasteiger partial charge >= 0.3 is 0 Å². The first-order valence-electron chi connectivity index (χ1n) is 8.38. The van der Waals surface area contributed by atoms with Gasteiger partial charge in [0, 0.05) is 16.4 Å². The number of nitrogens with one attached hydrogen (secondary N) is 1. The minimum Gasteiger partial charge on any atom is -0.332 e. The van der Waals surface area contributed by atoms with Gasteiger partial charge in [0.1, 0.15) is 6.04 Å². The highest BCUT2D eigenvalue weighted by molar-refractivity contribution is 7.99. The quantitative estimate of drug-likeness (QED) is 0.715. The summed E-state index contributed by atoms with van der Waals surface area (Å²) in [6, 6.07) is 20.2. The van der Waals surface area contributed by atoms with Crippen LogP contribution in [0.25, 0.3) is 0 Å². The molecule has 130 valence electrons. The Balaban J connectivity index is 1.97. The van der Waals surface area contributed by atoms with Crippen LogP contribution in [0.1, 0.15) is 25.5 Å². The van der Waals surface area contributed by atoms with Crippen molar-refractivity contribution < 1.29 is 10.1 Å².